The number of nitrogens with one attached hydrogen (secondary N) is 1. The van der Waals surface area contributed by atoms with Crippen LogP contribution in [-0.4, -0.2) is 51.1 Å². The fraction of sp³-hybridized carbons (Fsp3) is 0.409. The van der Waals surface area contributed by atoms with Crippen LogP contribution < -0.4 is 15.0 Å². The molecule has 1 atom stereocenters. The summed E-state index contributed by atoms with van der Waals surface area (Å²) in [6.07, 6.45) is 2.25. The molecule has 1 amide bonds. The predicted octanol–water partition coefficient (Wildman–Crippen LogP) is 3.48. The van der Waals surface area contributed by atoms with Crippen molar-refractivity contribution in [3.63, 3.8) is 0 Å². The number of nitrogens with zero attached hydrogens (tertiary/aromatic N) is 2. The van der Waals surface area contributed by atoms with Gasteiger partial charge in [0.2, 0.25) is 5.91 Å². The molecule has 1 aliphatic rings. The zero-order valence-electron chi connectivity index (χ0n) is 16.2. The highest BCUT2D eigenvalue weighted by atomic mass is 16.5. The van der Waals surface area contributed by atoms with Gasteiger partial charge in [0.1, 0.15) is 5.75 Å². The van der Waals surface area contributed by atoms with Gasteiger partial charge in [-0.15, -0.1) is 0 Å². The van der Waals surface area contributed by atoms with E-state index in [4.69, 9.17) is 4.74 Å². The van der Waals surface area contributed by atoms with Crippen LogP contribution in [0.1, 0.15) is 12.8 Å². The van der Waals surface area contributed by atoms with Crippen LogP contribution in [-0.2, 0) is 4.79 Å². The van der Waals surface area contributed by atoms with E-state index >= 15 is 0 Å². The average molecular weight is 367 g/mol. The first kappa shape index (κ1) is 19.2. The van der Waals surface area contributed by atoms with Gasteiger partial charge in [0, 0.05) is 37.9 Å². The summed E-state index contributed by atoms with van der Waals surface area (Å²) in [7, 11) is 4.00. The molecule has 0 aliphatic carbocycles. The molecule has 2 aromatic rings. The minimum Gasteiger partial charge on any atom is -0.493 e. The number of anilines is 2. The SMILES string of the molecule is CN(C)c1ccc(NC(=O)CN2CCCC(COc3ccccc3)C2)cc1. The third-order valence-corrected chi connectivity index (χ3v) is 4.87. The smallest absolute Gasteiger partial charge is 0.238 e. The molecule has 1 fully saturated rings. The number of likely N-dealkylation sites (tertiary alicyclic amines) is 1. The van der Waals surface area contributed by atoms with E-state index in [1.165, 1.54) is 0 Å². The van der Waals surface area contributed by atoms with E-state index in [9.17, 15) is 4.79 Å². The number of para-hydroxylation sites is 1. The zero-order valence-corrected chi connectivity index (χ0v) is 16.2. The Bertz CT molecular complexity index is 716. The van der Waals surface area contributed by atoms with Crippen molar-refractivity contribution in [3.05, 3.63) is 54.6 Å². The lowest BCUT2D eigenvalue weighted by Gasteiger charge is -2.32. The van der Waals surface area contributed by atoms with Gasteiger partial charge >= 0.3 is 0 Å². The molecule has 5 heteroatoms. The second-order valence-electron chi connectivity index (χ2n) is 7.36. The number of benzene rings is 2. The molecular weight excluding hydrogens is 338 g/mol. The van der Waals surface area contributed by atoms with Gasteiger partial charge in [-0.25, -0.2) is 0 Å². The number of hydrogen-bond donors (Lipinski definition) is 1. The topological polar surface area (TPSA) is 44.8 Å². The van der Waals surface area contributed by atoms with Crippen LogP contribution in [0.2, 0.25) is 0 Å². The van der Waals surface area contributed by atoms with Crippen molar-refractivity contribution in [3.8, 4) is 5.75 Å². The summed E-state index contributed by atoms with van der Waals surface area (Å²) in [5.41, 5.74) is 1.96. The molecule has 1 N–H and O–H groups in total. The fourth-order valence-corrected chi connectivity index (χ4v) is 3.41. The Kier molecular flexibility index (Phi) is 6.71. The summed E-state index contributed by atoms with van der Waals surface area (Å²) in [6.45, 7) is 3.00. The Balaban J connectivity index is 1.44. The molecule has 2 aromatic carbocycles. The number of rotatable bonds is 7. The lowest BCUT2D eigenvalue weighted by Crippen LogP contribution is -2.42. The standard InChI is InChI=1S/C22H29N3O2/c1-24(2)20-12-10-19(11-13-20)23-22(26)16-25-14-6-7-18(15-25)17-27-21-8-4-3-5-9-21/h3-5,8-13,18H,6-7,14-17H2,1-2H3,(H,23,26). The van der Waals surface area contributed by atoms with E-state index in [0.717, 1.165) is 43.1 Å². The molecule has 0 saturated carbocycles. The first-order valence-corrected chi connectivity index (χ1v) is 9.57. The fourth-order valence-electron chi connectivity index (χ4n) is 3.41. The van der Waals surface area contributed by atoms with Crippen molar-refractivity contribution < 1.29 is 9.53 Å². The maximum absolute atomic E-state index is 12.4. The Morgan fingerprint density at radius 1 is 1.15 bits per heavy atom. The van der Waals surface area contributed by atoms with Gasteiger partial charge < -0.3 is 15.0 Å². The van der Waals surface area contributed by atoms with E-state index in [-0.39, 0.29) is 5.91 Å². The van der Waals surface area contributed by atoms with Crippen molar-refractivity contribution in [2.24, 2.45) is 5.92 Å². The van der Waals surface area contributed by atoms with Crippen LogP contribution in [0.25, 0.3) is 0 Å². The van der Waals surface area contributed by atoms with Crippen molar-refractivity contribution in [2.45, 2.75) is 12.8 Å². The lowest BCUT2D eigenvalue weighted by molar-refractivity contribution is -0.117. The molecule has 1 saturated heterocycles. The van der Waals surface area contributed by atoms with Crippen molar-refractivity contribution >= 4 is 17.3 Å². The number of hydrogen-bond acceptors (Lipinski definition) is 4. The van der Waals surface area contributed by atoms with Crippen molar-refractivity contribution in [1.29, 1.82) is 0 Å². The Hall–Kier alpha value is -2.53. The monoisotopic (exact) mass is 367 g/mol. The molecule has 0 bridgehead atoms. The van der Waals surface area contributed by atoms with Gasteiger partial charge in [-0.05, 0) is 55.8 Å². The summed E-state index contributed by atoms with van der Waals surface area (Å²) in [5.74, 6) is 1.41. The van der Waals surface area contributed by atoms with Gasteiger partial charge in [-0.2, -0.15) is 0 Å². The van der Waals surface area contributed by atoms with E-state index in [0.29, 0.717) is 19.1 Å². The average Bonchev–Trinajstić information content (AvgIpc) is 2.68. The van der Waals surface area contributed by atoms with Gasteiger partial charge in [0.15, 0.2) is 0 Å². The summed E-state index contributed by atoms with van der Waals surface area (Å²) in [4.78, 5) is 16.7. The second kappa shape index (κ2) is 9.42. The molecule has 144 valence electrons. The second-order valence-corrected chi connectivity index (χ2v) is 7.36. The van der Waals surface area contributed by atoms with Gasteiger partial charge in [-0.1, -0.05) is 18.2 Å². The van der Waals surface area contributed by atoms with Gasteiger partial charge in [0.25, 0.3) is 0 Å². The molecule has 1 unspecified atom stereocenters. The number of amides is 1. The molecule has 5 nitrogen and oxygen atoms in total. The molecule has 0 radical (unpaired) electrons. The highest BCUT2D eigenvalue weighted by Gasteiger charge is 2.22. The number of carbonyl (C=O) groups is 1. The molecule has 3 rings (SSSR count). The van der Waals surface area contributed by atoms with Crippen LogP contribution in [0, 0.1) is 5.92 Å². The largest absolute Gasteiger partial charge is 0.493 e. The molecule has 1 aliphatic heterocycles. The van der Waals surface area contributed by atoms with Crippen LogP contribution in [0.4, 0.5) is 11.4 Å². The van der Waals surface area contributed by atoms with Crippen LogP contribution in [0.15, 0.2) is 54.6 Å². The van der Waals surface area contributed by atoms with E-state index in [2.05, 4.69) is 10.2 Å². The highest BCUT2D eigenvalue weighted by molar-refractivity contribution is 5.92. The summed E-state index contributed by atoms with van der Waals surface area (Å²) in [5, 5.41) is 3.00. The van der Waals surface area contributed by atoms with Gasteiger partial charge in [-0.3, -0.25) is 9.69 Å². The first-order chi connectivity index (χ1) is 13.1. The highest BCUT2D eigenvalue weighted by Crippen LogP contribution is 2.19. The minimum absolute atomic E-state index is 0.0391. The molecular formula is C22H29N3O2. The third kappa shape index (κ3) is 6.00. The molecule has 1 heterocycles. The number of ether oxygens (including phenoxy) is 1. The van der Waals surface area contributed by atoms with E-state index < -0.39 is 0 Å². The van der Waals surface area contributed by atoms with E-state index in [1.807, 2.05) is 73.6 Å². The molecule has 0 aromatic heterocycles. The Morgan fingerprint density at radius 3 is 2.59 bits per heavy atom. The summed E-state index contributed by atoms with van der Waals surface area (Å²) >= 11 is 0. The van der Waals surface area contributed by atoms with Crippen LogP contribution >= 0.6 is 0 Å². The first-order valence-electron chi connectivity index (χ1n) is 9.57. The van der Waals surface area contributed by atoms with Crippen LogP contribution in [0.5, 0.6) is 5.75 Å². The maximum atomic E-state index is 12.4. The third-order valence-electron chi connectivity index (χ3n) is 4.87. The van der Waals surface area contributed by atoms with Crippen LogP contribution in [0.3, 0.4) is 0 Å². The van der Waals surface area contributed by atoms with Gasteiger partial charge in [0.05, 0.1) is 13.2 Å². The number of piperidine rings is 1. The molecule has 27 heavy (non-hydrogen) atoms. The predicted molar refractivity (Wildman–Crippen MR) is 110 cm³/mol. The minimum atomic E-state index is 0.0391. The quantitative estimate of drug-likeness (QED) is 0.814. The lowest BCUT2D eigenvalue weighted by atomic mass is 9.99. The maximum Gasteiger partial charge on any atom is 0.238 e. The Labute approximate surface area is 161 Å². The van der Waals surface area contributed by atoms with Crippen molar-refractivity contribution in [1.82, 2.24) is 4.90 Å². The van der Waals surface area contributed by atoms with Crippen molar-refractivity contribution in [2.75, 3.05) is 50.6 Å². The summed E-state index contributed by atoms with van der Waals surface area (Å²) in [6, 6.07) is 17.8. The van der Waals surface area contributed by atoms with E-state index in [1.54, 1.807) is 0 Å². The normalized spacial score (nSPS) is 17.3. The zero-order chi connectivity index (χ0) is 19.1. The Morgan fingerprint density at radius 2 is 1.89 bits per heavy atom. The number of carbonyl (C=O) groups excluding carboxylic acids is 1. The molecule has 0 spiro atoms. The summed E-state index contributed by atoms with van der Waals surface area (Å²) < 4.78 is 5.89.